The molecule has 4 rings (SSSR count). The number of sulfonamides is 1. The number of amides is 1. The van der Waals surface area contributed by atoms with E-state index in [2.05, 4.69) is 10.0 Å². The Kier molecular flexibility index (Phi) is 8.62. The highest BCUT2D eigenvalue weighted by atomic mass is 32.2. The van der Waals surface area contributed by atoms with Gasteiger partial charge in [0.2, 0.25) is 15.9 Å². The van der Waals surface area contributed by atoms with Gasteiger partial charge in [-0.15, -0.1) is 0 Å². The van der Waals surface area contributed by atoms with E-state index in [1.807, 2.05) is 48.5 Å². The van der Waals surface area contributed by atoms with Crippen LogP contribution in [-0.4, -0.2) is 34.6 Å². The van der Waals surface area contributed by atoms with Crippen LogP contribution in [0.4, 0.5) is 5.69 Å². The molecule has 0 aliphatic carbocycles. The quantitative estimate of drug-likeness (QED) is 0.281. The molecule has 0 saturated heterocycles. The first kappa shape index (κ1) is 26.7. The maximum absolute atomic E-state index is 13.5. The molecule has 0 spiro atoms. The summed E-state index contributed by atoms with van der Waals surface area (Å²) in [5.74, 6) is 1.13. The van der Waals surface area contributed by atoms with Crippen molar-refractivity contribution in [3.63, 3.8) is 0 Å². The molecule has 38 heavy (non-hydrogen) atoms. The predicted octanol–water partition coefficient (Wildman–Crippen LogP) is 5.02. The maximum atomic E-state index is 13.5. The van der Waals surface area contributed by atoms with Crippen LogP contribution in [0.25, 0.3) is 0 Å². The first-order chi connectivity index (χ1) is 18.4. The van der Waals surface area contributed by atoms with Gasteiger partial charge in [-0.1, -0.05) is 60.7 Å². The lowest BCUT2D eigenvalue weighted by molar-refractivity contribution is -0.117. The van der Waals surface area contributed by atoms with Crippen molar-refractivity contribution >= 4 is 21.6 Å². The summed E-state index contributed by atoms with van der Waals surface area (Å²) in [5, 5.41) is 2.83. The SMILES string of the molecule is COc1ccc(S(=O)(=O)N[C@@H](Cc2ccccc2)C(=O)Nc2ccccc2Oc2ccccc2)cc1OC. The summed E-state index contributed by atoms with van der Waals surface area (Å²) in [6, 6.07) is 28.4. The molecule has 1 atom stereocenters. The smallest absolute Gasteiger partial charge is 0.243 e. The zero-order valence-corrected chi connectivity index (χ0v) is 21.8. The van der Waals surface area contributed by atoms with E-state index in [1.165, 1.54) is 32.4 Å². The Balaban J connectivity index is 1.61. The summed E-state index contributed by atoms with van der Waals surface area (Å²) in [6.07, 6.45) is 0.126. The van der Waals surface area contributed by atoms with Crippen LogP contribution < -0.4 is 24.2 Å². The molecule has 4 aromatic carbocycles. The lowest BCUT2D eigenvalue weighted by atomic mass is 10.1. The second-order valence-corrected chi connectivity index (χ2v) is 9.99. The summed E-state index contributed by atoms with van der Waals surface area (Å²) in [4.78, 5) is 13.5. The van der Waals surface area contributed by atoms with Crippen molar-refractivity contribution in [2.75, 3.05) is 19.5 Å². The van der Waals surface area contributed by atoms with Crippen LogP contribution in [0.1, 0.15) is 5.56 Å². The fourth-order valence-corrected chi connectivity index (χ4v) is 4.98. The summed E-state index contributed by atoms with van der Waals surface area (Å²) in [5.41, 5.74) is 1.20. The van der Waals surface area contributed by atoms with Gasteiger partial charge in [-0.3, -0.25) is 4.79 Å². The van der Waals surface area contributed by atoms with Crippen LogP contribution in [-0.2, 0) is 21.2 Å². The second kappa shape index (κ2) is 12.3. The largest absolute Gasteiger partial charge is 0.493 e. The van der Waals surface area contributed by atoms with Crippen LogP contribution in [0.15, 0.2) is 108 Å². The Morgan fingerprint density at radius 3 is 2.08 bits per heavy atom. The minimum absolute atomic E-state index is 0.0613. The standard InChI is InChI=1S/C29H28N2O6S/c1-35-27-18-17-23(20-28(27)36-2)38(33,34)31-25(19-21-11-5-3-6-12-21)29(32)30-24-15-9-10-16-26(24)37-22-13-7-4-8-14-22/h3-18,20,25,31H,19H2,1-2H3,(H,30,32)/t25-/m0/s1. The molecule has 0 aliphatic rings. The van der Waals surface area contributed by atoms with Crippen molar-refractivity contribution in [2.24, 2.45) is 0 Å². The highest BCUT2D eigenvalue weighted by molar-refractivity contribution is 7.89. The number of anilines is 1. The van der Waals surface area contributed by atoms with Gasteiger partial charge < -0.3 is 19.5 Å². The molecule has 0 heterocycles. The predicted molar refractivity (Wildman–Crippen MR) is 145 cm³/mol. The van der Waals surface area contributed by atoms with E-state index in [1.54, 1.807) is 36.4 Å². The third-order valence-electron chi connectivity index (χ3n) is 5.68. The lowest BCUT2D eigenvalue weighted by Gasteiger charge is -2.20. The topological polar surface area (TPSA) is 103 Å². The fourth-order valence-electron chi connectivity index (χ4n) is 3.77. The third kappa shape index (κ3) is 6.70. The molecular weight excluding hydrogens is 504 g/mol. The van der Waals surface area contributed by atoms with Gasteiger partial charge in [-0.2, -0.15) is 4.72 Å². The van der Waals surface area contributed by atoms with Crippen LogP contribution >= 0.6 is 0 Å². The monoisotopic (exact) mass is 532 g/mol. The molecule has 9 heteroatoms. The Hall–Kier alpha value is -4.34. The summed E-state index contributed by atoms with van der Waals surface area (Å²) >= 11 is 0. The van der Waals surface area contributed by atoms with Gasteiger partial charge in [-0.05, 0) is 48.4 Å². The molecule has 4 aromatic rings. The van der Waals surface area contributed by atoms with Gasteiger partial charge in [0.25, 0.3) is 0 Å². The van der Waals surface area contributed by atoms with E-state index < -0.39 is 22.0 Å². The number of rotatable bonds is 11. The van der Waals surface area contributed by atoms with Crippen LogP contribution in [0.2, 0.25) is 0 Å². The highest BCUT2D eigenvalue weighted by Crippen LogP contribution is 2.31. The number of hydrogen-bond acceptors (Lipinski definition) is 6. The lowest BCUT2D eigenvalue weighted by Crippen LogP contribution is -2.45. The number of methoxy groups -OCH3 is 2. The molecule has 2 N–H and O–H groups in total. The van der Waals surface area contributed by atoms with E-state index in [-0.39, 0.29) is 17.1 Å². The first-order valence-corrected chi connectivity index (χ1v) is 13.3. The summed E-state index contributed by atoms with van der Waals surface area (Å²) in [6.45, 7) is 0. The number of carbonyl (C=O) groups excluding carboxylic acids is 1. The second-order valence-electron chi connectivity index (χ2n) is 8.28. The molecule has 0 saturated carbocycles. The zero-order valence-electron chi connectivity index (χ0n) is 21.0. The zero-order chi connectivity index (χ0) is 27.0. The van der Waals surface area contributed by atoms with E-state index in [4.69, 9.17) is 14.2 Å². The van der Waals surface area contributed by atoms with E-state index in [9.17, 15) is 13.2 Å². The Labute approximate surface area is 222 Å². The number of carbonyl (C=O) groups is 1. The van der Waals surface area contributed by atoms with Gasteiger partial charge in [-0.25, -0.2) is 8.42 Å². The summed E-state index contributed by atoms with van der Waals surface area (Å²) < 4.78 is 45.7. The average molecular weight is 533 g/mol. The molecule has 0 fully saturated rings. The van der Waals surface area contributed by atoms with Crippen LogP contribution in [0.3, 0.4) is 0 Å². The Bertz CT molecular complexity index is 1480. The maximum Gasteiger partial charge on any atom is 0.243 e. The molecular formula is C29H28N2O6S. The number of para-hydroxylation sites is 3. The fraction of sp³-hybridized carbons (Fsp3) is 0.138. The normalized spacial score (nSPS) is 11.8. The molecule has 8 nitrogen and oxygen atoms in total. The van der Waals surface area contributed by atoms with E-state index >= 15 is 0 Å². The minimum atomic E-state index is -4.11. The first-order valence-electron chi connectivity index (χ1n) is 11.8. The van der Waals surface area contributed by atoms with Crippen molar-refractivity contribution in [1.29, 1.82) is 0 Å². The van der Waals surface area contributed by atoms with Gasteiger partial charge in [0.1, 0.15) is 11.8 Å². The Morgan fingerprint density at radius 1 is 0.763 bits per heavy atom. The average Bonchev–Trinajstić information content (AvgIpc) is 2.94. The van der Waals surface area contributed by atoms with Crippen LogP contribution in [0.5, 0.6) is 23.0 Å². The molecule has 0 unspecified atom stereocenters. The van der Waals surface area contributed by atoms with Gasteiger partial charge >= 0.3 is 0 Å². The van der Waals surface area contributed by atoms with E-state index in [0.717, 1.165) is 5.56 Å². The number of nitrogens with one attached hydrogen (secondary N) is 2. The van der Waals surface area contributed by atoms with Crippen molar-refractivity contribution in [1.82, 2.24) is 4.72 Å². The van der Waals surface area contributed by atoms with Gasteiger partial charge in [0, 0.05) is 6.07 Å². The minimum Gasteiger partial charge on any atom is -0.493 e. The molecule has 196 valence electrons. The Morgan fingerprint density at radius 2 is 1.39 bits per heavy atom. The molecule has 1 amide bonds. The van der Waals surface area contributed by atoms with E-state index in [0.29, 0.717) is 22.9 Å². The van der Waals surface area contributed by atoms with Gasteiger partial charge in [0.05, 0.1) is 24.8 Å². The van der Waals surface area contributed by atoms with Crippen molar-refractivity contribution in [3.8, 4) is 23.0 Å². The van der Waals surface area contributed by atoms with Crippen molar-refractivity contribution in [3.05, 3.63) is 109 Å². The third-order valence-corrected chi connectivity index (χ3v) is 7.15. The number of ether oxygens (including phenoxy) is 3. The highest BCUT2D eigenvalue weighted by Gasteiger charge is 2.27. The molecule has 0 aliphatic heterocycles. The van der Waals surface area contributed by atoms with Crippen molar-refractivity contribution in [2.45, 2.75) is 17.4 Å². The molecule has 0 radical (unpaired) electrons. The number of hydrogen-bond donors (Lipinski definition) is 2. The summed E-state index contributed by atoms with van der Waals surface area (Å²) in [7, 11) is -1.23. The number of benzene rings is 4. The van der Waals surface area contributed by atoms with Crippen LogP contribution in [0, 0.1) is 0 Å². The van der Waals surface area contributed by atoms with Gasteiger partial charge in [0.15, 0.2) is 17.2 Å². The molecule has 0 bridgehead atoms. The molecule has 0 aromatic heterocycles. The van der Waals surface area contributed by atoms with Crippen molar-refractivity contribution < 1.29 is 27.4 Å².